The van der Waals surface area contributed by atoms with Crippen molar-refractivity contribution >= 4 is 12.0 Å². The van der Waals surface area contributed by atoms with Crippen LogP contribution < -0.4 is 4.74 Å². The van der Waals surface area contributed by atoms with Crippen LogP contribution in [0.5, 0.6) is 5.75 Å². The van der Waals surface area contributed by atoms with Crippen molar-refractivity contribution in [3.05, 3.63) is 45.8 Å². The molecule has 0 bridgehead atoms. The van der Waals surface area contributed by atoms with Gasteiger partial charge in [0.25, 0.3) is 5.91 Å². The van der Waals surface area contributed by atoms with Crippen LogP contribution in [0, 0.1) is 0 Å². The van der Waals surface area contributed by atoms with Crippen molar-refractivity contribution in [1.82, 2.24) is 0 Å². The molecule has 0 spiro atoms. The zero-order chi connectivity index (χ0) is 12.0. The van der Waals surface area contributed by atoms with Crippen molar-refractivity contribution in [2.24, 2.45) is 5.11 Å². The number of methoxy groups -OCH3 is 1. The maximum absolute atomic E-state index is 11.4. The Morgan fingerprint density at radius 1 is 1.56 bits per heavy atom. The number of azide groups is 1. The van der Waals surface area contributed by atoms with Gasteiger partial charge in [-0.25, -0.2) is 0 Å². The molecule has 0 heterocycles. The van der Waals surface area contributed by atoms with E-state index in [2.05, 4.69) is 10.0 Å². The number of allylic oxidation sites excluding steroid dienone is 1. The molecule has 0 aliphatic heterocycles. The van der Waals surface area contributed by atoms with Gasteiger partial charge in [0.05, 0.1) is 12.7 Å². The average Bonchev–Trinajstić information content (AvgIpc) is 2.29. The highest BCUT2D eigenvalue weighted by molar-refractivity contribution is 5.97. The molecule has 0 saturated carbocycles. The molecule has 0 unspecified atom stereocenters. The number of carbonyl (C=O) groups excluding carboxylic acids is 1. The Labute approximate surface area is 93.0 Å². The zero-order valence-electron chi connectivity index (χ0n) is 9.04. The molecule has 1 rings (SSSR count). The van der Waals surface area contributed by atoms with E-state index in [1.54, 1.807) is 18.2 Å². The van der Waals surface area contributed by atoms with E-state index in [9.17, 15) is 4.79 Å². The molecule has 82 valence electrons. The maximum Gasteiger partial charge on any atom is 0.252 e. The van der Waals surface area contributed by atoms with E-state index in [-0.39, 0.29) is 5.56 Å². The van der Waals surface area contributed by atoms with Crippen LogP contribution in [0.15, 0.2) is 29.4 Å². The fraction of sp³-hybridized carbons (Fsp3) is 0.182. The predicted molar refractivity (Wildman–Crippen MR) is 61.2 cm³/mol. The lowest BCUT2D eigenvalue weighted by Crippen LogP contribution is -1.98. The first-order valence-corrected chi connectivity index (χ1v) is 4.63. The van der Waals surface area contributed by atoms with Gasteiger partial charge in [0, 0.05) is 4.91 Å². The van der Waals surface area contributed by atoms with Crippen LogP contribution in [0.25, 0.3) is 16.5 Å². The first-order chi connectivity index (χ1) is 7.72. The van der Waals surface area contributed by atoms with Crippen LogP contribution >= 0.6 is 0 Å². The van der Waals surface area contributed by atoms with Gasteiger partial charge in [0.2, 0.25) is 0 Å². The number of hydrogen-bond donors (Lipinski definition) is 0. The average molecular weight is 217 g/mol. The summed E-state index contributed by atoms with van der Waals surface area (Å²) in [5.41, 5.74) is 9.36. The molecule has 0 aliphatic carbocycles. The maximum atomic E-state index is 11.4. The Balaban J connectivity index is 3.21. The highest BCUT2D eigenvalue weighted by Gasteiger charge is 2.10. The van der Waals surface area contributed by atoms with E-state index in [0.717, 1.165) is 5.56 Å². The number of amides is 1. The third-order valence-electron chi connectivity index (χ3n) is 1.95. The molecule has 0 saturated heterocycles. The monoisotopic (exact) mass is 217 g/mol. The Hall–Kier alpha value is -2.26. The molecule has 0 aliphatic rings. The molecule has 0 fully saturated rings. The van der Waals surface area contributed by atoms with E-state index >= 15 is 0 Å². The van der Waals surface area contributed by atoms with E-state index in [1.165, 1.54) is 7.11 Å². The predicted octanol–water partition coefficient (Wildman–Crippen LogP) is 3.18. The van der Waals surface area contributed by atoms with Crippen molar-refractivity contribution in [2.45, 2.75) is 6.92 Å². The van der Waals surface area contributed by atoms with Crippen molar-refractivity contribution in [3.8, 4) is 5.75 Å². The van der Waals surface area contributed by atoms with E-state index in [0.29, 0.717) is 5.75 Å². The second-order valence-electron chi connectivity index (χ2n) is 2.95. The Morgan fingerprint density at radius 3 is 2.88 bits per heavy atom. The van der Waals surface area contributed by atoms with Crippen molar-refractivity contribution in [3.63, 3.8) is 0 Å². The minimum Gasteiger partial charge on any atom is -0.496 e. The van der Waals surface area contributed by atoms with Crippen LogP contribution in [-0.2, 0) is 0 Å². The van der Waals surface area contributed by atoms with Gasteiger partial charge in [0.1, 0.15) is 5.75 Å². The van der Waals surface area contributed by atoms with Crippen molar-refractivity contribution < 1.29 is 9.53 Å². The quantitative estimate of drug-likeness (QED) is 0.443. The van der Waals surface area contributed by atoms with Crippen molar-refractivity contribution in [2.75, 3.05) is 7.11 Å². The molecule has 5 nitrogen and oxygen atoms in total. The fourth-order valence-corrected chi connectivity index (χ4v) is 1.28. The molecule has 0 N–H and O–H groups in total. The lowest BCUT2D eigenvalue weighted by Gasteiger charge is -2.05. The molecule has 0 aromatic heterocycles. The minimum absolute atomic E-state index is 0.258. The van der Waals surface area contributed by atoms with Crippen LogP contribution in [0.2, 0.25) is 0 Å². The van der Waals surface area contributed by atoms with Crippen LogP contribution in [-0.4, -0.2) is 13.0 Å². The topological polar surface area (TPSA) is 75.1 Å². The standard InChI is InChI=1S/C11H11N3O2/c1-3-4-8-5-6-9(10(7-8)16-2)11(15)13-14-12/h3-7H,1-2H3/b4-3+. The Morgan fingerprint density at radius 2 is 2.31 bits per heavy atom. The number of benzene rings is 1. The summed E-state index contributed by atoms with van der Waals surface area (Å²) in [5, 5.41) is 3.02. The first kappa shape index (κ1) is 11.8. The van der Waals surface area contributed by atoms with Gasteiger partial charge in [-0.15, -0.1) is 0 Å². The lowest BCUT2D eigenvalue weighted by atomic mass is 10.1. The molecule has 0 radical (unpaired) electrons. The summed E-state index contributed by atoms with van der Waals surface area (Å²) in [7, 11) is 1.46. The van der Waals surface area contributed by atoms with Gasteiger partial charge < -0.3 is 4.74 Å². The van der Waals surface area contributed by atoms with Crippen LogP contribution in [0.1, 0.15) is 22.8 Å². The highest BCUT2D eigenvalue weighted by atomic mass is 16.5. The van der Waals surface area contributed by atoms with E-state index < -0.39 is 5.91 Å². The fourth-order valence-electron chi connectivity index (χ4n) is 1.28. The summed E-state index contributed by atoms with van der Waals surface area (Å²) < 4.78 is 5.06. The van der Waals surface area contributed by atoms with Gasteiger partial charge >= 0.3 is 0 Å². The van der Waals surface area contributed by atoms with E-state index in [4.69, 9.17) is 10.3 Å². The SMILES string of the molecule is C/C=C/c1ccc(C(=O)N=[N+]=[N-])c(OC)c1. The zero-order valence-corrected chi connectivity index (χ0v) is 9.04. The molecule has 5 heteroatoms. The van der Waals surface area contributed by atoms with Gasteiger partial charge in [-0.3, -0.25) is 4.79 Å². The van der Waals surface area contributed by atoms with Gasteiger partial charge in [-0.1, -0.05) is 18.2 Å². The summed E-state index contributed by atoms with van der Waals surface area (Å²) >= 11 is 0. The molecule has 1 aromatic carbocycles. The van der Waals surface area contributed by atoms with Crippen LogP contribution in [0.3, 0.4) is 0 Å². The van der Waals surface area contributed by atoms with Gasteiger partial charge in [-0.05, 0) is 35.3 Å². The minimum atomic E-state index is -0.647. The van der Waals surface area contributed by atoms with Gasteiger partial charge in [-0.2, -0.15) is 0 Å². The largest absolute Gasteiger partial charge is 0.496 e. The summed E-state index contributed by atoms with van der Waals surface area (Å²) in [6, 6.07) is 5.04. The number of rotatable bonds is 3. The number of ether oxygens (including phenoxy) is 1. The van der Waals surface area contributed by atoms with E-state index in [1.807, 2.05) is 19.1 Å². The number of nitrogens with zero attached hydrogens (tertiary/aromatic N) is 3. The highest BCUT2D eigenvalue weighted by Crippen LogP contribution is 2.21. The second kappa shape index (κ2) is 5.58. The molecule has 1 amide bonds. The van der Waals surface area contributed by atoms with Gasteiger partial charge in [0.15, 0.2) is 0 Å². The molecule has 16 heavy (non-hydrogen) atoms. The molecular weight excluding hydrogens is 206 g/mol. The molecule has 0 atom stereocenters. The Bertz CT molecular complexity index is 474. The summed E-state index contributed by atoms with van der Waals surface area (Å²) in [6.45, 7) is 1.89. The summed E-state index contributed by atoms with van der Waals surface area (Å²) in [6.07, 6.45) is 3.76. The molecular formula is C11H11N3O2. The van der Waals surface area contributed by atoms with Crippen molar-refractivity contribution in [1.29, 1.82) is 0 Å². The third kappa shape index (κ3) is 2.62. The molecule has 1 aromatic rings. The lowest BCUT2D eigenvalue weighted by molar-refractivity contribution is 0.0997. The summed E-state index contributed by atoms with van der Waals surface area (Å²) in [5.74, 6) is -0.251. The Kier molecular flexibility index (Phi) is 4.12. The second-order valence-corrected chi connectivity index (χ2v) is 2.95. The number of carbonyl (C=O) groups is 1. The summed E-state index contributed by atoms with van der Waals surface area (Å²) in [4.78, 5) is 13.8. The normalized spacial score (nSPS) is 9.88. The smallest absolute Gasteiger partial charge is 0.252 e. The van der Waals surface area contributed by atoms with Crippen LogP contribution in [0.4, 0.5) is 0 Å². The first-order valence-electron chi connectivity index (χ1n) is 4.63. The number of hydrogen-bond acceptors (Lipinski definition) is 2. The third-order valence-corrected chi connectivity index (χ3v) is 1.95.